The van der Waals surface area contributed by atoms with Crippen LogP contribution in [-0.4, -0.2) is 23.1 Å². The molecular weight excluding hydrogens is 184 g/mol. The van der Waals surface area contributed by atoms with Gasteiger partial charge in [-0.1, -0.05) is 12.8 Å². The van der Waals surface area contributed by atoms with E-state index in [1.54, 1.807) is 6.92 Å². The maximum Gasteiger partial charge on any atom is 0.312 e. The predicted molar refractivity (Wildman–Crippen MR) is 50.7 cm³/mol. The smallest absolute Gasteiger partial charge is 0.312 e. The van der Waals surface area contributed by atoms with Gasteiger partial charge in [-0.25, -0.2) is 4.79 Å². The van der Waals surface area contributed by atoms with Crippen LogP contribution in [0.4, 0.5) is 4.79 Å². The maximum atomic E-state index is 11.1. The number of carbonyl (C=O) groups is 2. The zero-order valence-corrected chi connectivity index (χ0v) is 8.25. The van der Waals surface area contributed by atoms with Crippen LogP contribution in [0.1, 0.15) is 32.6 Å². The van der Waals surface area contributed by atoms with Crippen molar-refractivity contribution in [3.8, 4) is 0 Å². The Morgan fingerprint density at radius 1 is 1.50 bits per heavy atom. The summed E-state index contributed by atoms with van der Waals surface area (Å²) in [5, 5.41) is 11.6. The number of hydrogen-bond acceptors (Lipinski definition) is 2. The third-order valence-electron chi connectivity index (χ3n) is 3.01. The van der Waals surface area contributed by atoms with Crippen molar-refractivity contribution in [2.45, 2.75) is 38.6 Å². The lowest BCUT2D eigenvalue weighted by atomic mass is 9.72. The molecule has 0 aromatic heterocycles. The number of amides is 2. The Morgan fingerprint density at radius 3 is 2.64 bits per heavy atom. The van der Waals surface area contributed by atoms with Crippen LogP contribution in [0, 0.1) is 5.41 Å². The summed E-state index contributed by atoms with van der Waals surface area (Å²) in [5.74, 6) is -0.865. The molecule has 14 heavy (non-hydrogen) atoms. The minimum atomic E-state index is -0.868. The van der Waals surface area contributed by atoms with Gasteiger partial charge in [0, 0.05) is 6.04 Å². The Balaban J connectivity index is 2.77. The Labute approximate surface area is 82.7 Å². The Hall–Kier alpha value is -1.26. The molecule has 1 saturated carbocycles. The third kappa shape index (κ3) is 1.97. The maximum absolute atomic E-state index is 11.1. The molecule has 1 aliphatic carbocycles. The molecule has 2 amide bonds. The normalized spacial score (nSPS) is 32.2. The molecular formula is C9H16N2O3. The van der Waals surface area contributed by atoms with Crippen LogP contribution >= 0.6 is 0 Å². The van der Waals surface area contributed by atoms with Gasteiger partial charge in [0.05, 0.1) is 5.41 Å². The van der Waals surface area contributed by atoms with Crippen molar-refractivity contribution in [3.05, 3.63) is 0 Å². The molecule has 80 valence electrons. The van der Waals surface area contributed by atoms with E-state index in [1.165, 1.54) is 0 Å². The quantitative estimate of drug-likeness (QED) is 0.612. The standard InChI is InChI=1S/C9H16N2O3/c1-9(7(12)13)5-3-2-4-6(9)11-8(10)14/h6H,2-5H2,1H3,(H,12,13)(H3,10,11,14). The van der Waals surface area contributed by atoms with Crippen molar-refractivity contribution >= 4 is 12.0 Å². The molecule has 2 atom stereocenters. The first-order valence-corrected chi connectivity index (χ1v) is 4.76. The van der Waals surface area contributed by atoms with Crippen LogP contribution in [-0.2, 0) is 4.79 Å². The van der Waals surface area contributed by atoms with Gasteiger partial charge in [-0.05, 0) is 19.8 Å². The van der Waals surface area contributed by atoms with E-state index in [2.05, 4.69) is 5.32 Å². The van der Waals surface area contributed by atoms with Crippen LogP contribution in [0.25, 0.3) is 0 Å². The van der Waals surface area contributed by atoms with E-state index in [-0.39, 0.29) is 6.04 Å². The lowest BCUT2D eigenvalue weighted by Crippen LogP contribution is -2.53. The van der Waals surface area contributed by atoms with E-state index in [9.17, 15) is 9.59 Å². The summed E-state index contributed by atoms with van der Waals surface area (Å²) in [7, 11) is 0. The lowest BCUT2D eigenvalue weighted by molar-refractivity contribution is -0.151. The number of nitrogens with one attached hydrogen (secondary N) is 1. The first-order valence-electron chi connectivity index (χ1n) is 4.76. The topological polar surface area (TPSA) is 92.4 Å². The summed E-state index contributed by atoms with van der Waals surface area (Å²) in [4.78, 5) is 21.8. The fourth-order valence-electron chi connectivity index (χ4n) is 1.99. The van der Waals surface area contributed by atoms with Crippen LogP contribution in [0.2, 0.25) is 0 Å². The fraction of sp³-hybridized carbons (Fsp3) is 0.778. The largest absolute Gasteiger partial charge is 0.481 e. The fourth-order valence-corrected chi connectivity index (χ4v) is 1.99. The molecule has 1 aliphatic rings. The van der Waals surface area contributed by atoms with Gasteiger partial charge >= 0.3 is 12.0 Å². The van der Waals surface area contributed by atoms with Gasteiger partial charge in [0.1, 0.15) is 0 Å². The van der Waals surface area contributed by atoms with Crippen LogP contribution in [0.5, 0.6) is 0 Å². The number of nitrogens with two attached hydrogens (primary N) is 1. The summed E-state index contributed by atoms with van der Waals surface area (Å²) >= 11 is 0. The molecule has 0 bridgehead atoms. The zero-order valence-electron chi connectivity index (χ0n) is 8.25. The molecule has 0 aliphatic heterocycles. The van der Waals surface area contributed by atoms with Crippen LogP contribution in [0.3, 0.4) is 0 Å². The summed E-state index contributed by atoms with van der Waals surface area (Å²) < 4.78 is 0. The predicted octanol–water partition coefficient (Wildman–Crippen LogP) is 0.688. The second-order valence-electron chi connectivity index (χ2n) is 4.03. The monoisotopic (exact) mass is 200 g/mol. The number of carboxylic acid groups (broad SMARTS) is 1. The Bertz CT molecular complexity index is 254. The second kappa shape index (κ2) is 3.86. The van der Waals surface area contributed by atoms with Gasteiger partial charge in [-0.2, -0.15) is 0 Å². The summed E-state index contributed by atoms with van der Waals surface area (Å²) in [6.07, 6.45) is 3.10. The van der Waals surface area contributed by atoms with Crippen molar-refractivity contribution < 1.29 is 14.7 Å². The number of rotatable bonds is 2. The van der Waals surface area contributed by atoms with E-state index >= 15 is 0 Å². The van der Waals surface area contributed by atoms with E-state index in [0.717, 1.165) is 12.8 Å². The van der Waals surface area contributed by atoms with Crippen molar-refractivity contribution in [2.24, 2.45) is 11.1 Å². The van der Waals surface area contributed by atoms with Gasteiger partial charge in [-0.3, -0.25) is 4.79 Å². The van der Waals surface area contributed by atoms with Crippen molar-refractivity contribution in [2.75, 3.05) is 0 Å². The Kier molecular flexibility index (Phi) is 2.98. The van der Waals surface area contributed by atoms with Crippen molar-refractivity contribution in [1.82, 2.24) is 5.32 Å². The van der Waals surface area contributed by atoms with Gasteiger partial charge in [0.2, 0.25) is 0 Å². The molecule has 2 unspecified atom stereocenters. The number of carbonyl (C=O) groups excluding carboxylic acids is 1. The summed E-state index contributed by atoms with van der Waals surface area (Å²) in [6, 6.07) is -0.990. The minimum absolute atomic E-state index is 0.341. The van der Waals surface area contributed by atoms with Crippen LogP contribution in [0.15, 0.2) is 0 Å². The minimum Gasteiger partial charge on any atom is -0.481 e. The number of carboxylic acids is 1. The molecule has 1 rings (SSSR count). The molecule has 0 spiro atoms. The molecule has 0 heterocycles. The molecule has 0 aromatic rings. The van der Waals surface area contributed by atoms with Gasteiger partial charge in [0.15, 0.2) is 0 Å². The third-order valence-corrected chi connectivity index (χ3v) is 3.01. The second-order valence-corrected chi connectivity index (χ2v) is 4.03. The van der Waals surface area contributed by atoms with E-state index in [0.29, 0.717) is 12.8 Å². The lowest BCUT2D eigenvalue weighted by Gasteiger charge is -2.37. The molecule has 5 nitrogen and oxygen atoms in total. The van der Waals surface area contributed by atoms with Gasteiger partial charge < -0.3 is 16.2 Å². The van der Waals surface area contributed by atoms with E-state index < -0.39 is 17.4 Å². The molecule has 4 N–H and O–H groups in total. The first kappa shape index (κ1) is 10.8. The highest BCUT2D eigenvalue weighted by atomic mass is 16.4. The van der Waals surface area contributed by atoms with Gasteiger partial charge in [-0.15, -0.1) is 0 Å². The SMILES string of the molecule is CC1(C(=O)O)CCCCC1NC(N)=O. The number of primary amides is 1. The van der Waals surface area contributed by atoms with Crippen LogP contribution < -0.4 is 11.1 Å². The highest BCUT2D eigenvalue weighted by molar-refractivity contribution is 5.78. The molecule has 0 saturated heterocycles. The molecule has 0 aromatic carbocycles. The average Bonchev–Trinajstić information content (AvgIpc) is 2.08. The summed E-state index contributed by atoms with van der Waals surface area (Å²) in [5.41, 5.74) is 4.13. The van der Waals surface area contributed by atoms with Gasteiger partial charge in [0.25, 0.3) is 0 Å². The highest BCUT2D eigenvalue weighted by Gasteiger charge is 2.43. The Morgan fingerprint density at radius 2 is 2.14 bits per heavy atom. The average molecular weight is 200 g/mol. The van der Waals surface area contributed by atoms with Crippen molar-refractivity contribution in [1.29, 1.82) is 0 Å². The first-order chi connectivity index (χ1) is 6.47. The molecule has 5 heteroatoms. The molecule has 0 radical (unpaired) electrons. The number of urea groups is 1. The summed E-state index contributed by atoms with van der Waals surface area (Å²) in [6.45, 7) is 1.66. The van der Waals surface area contributed by atoms with Crippen molar-refractivity contribution in [3.63, 3.8) is 0 Å². The zero-order chi connectivity index (χ0) is 10.8. The van der Waals surface area contributed by atoms with E-state index in [1.807, 2.05) is 0 Å². The molecule has 1 fully saturated rings. The van der Waals surface area contributed by atoms with E-state index in [4.69, 9.17) is 10.8 Å². The number of hydrogen-bond donors (Lipinski definition) is 3. The highest BCUT2D eigenvalue weighted by Crippen LogP contribution is 2.36. The number of aliphatic carboxylic acids is 1.